The number of nitrogens with one attached hydrogen (secondary N) is 1. The van der Waals surface area contributed by atoms with E-state index in [0.717, 1.165) is 23.2 Å². The van der Waals surface area contributed by atoms with Crippen LogP contribution < -0.4 is 15.0 Å². The number of rotatable bonds is 7. The van der Waals surface area contributed by atoms with Gasteiger partial charge < -0.3 is 24.3 Å². The van der Waals surface area contributed by atoms with Gasteiger partial charge in [0.2, 0.25) is 0 Å². The number of methoxy groups -OCH3 is 1. The second-order valence-electron chi connectivity index (χ2n) is 9.34. The van der Waals surface area contributed by atoms with Crippen LogP contribution in [0.15, 0.2) is 52.6 Å². The number of anilines is 1. The molecule has 1 aromatic heterocycles. The lowest BCUT2D eigenvalue weighted by Crippen LogP contribution is -2.53. The average Bonchev–Trinajstić information content (AvgIpc) is 3.33. The Morgan fingerprint density at radius 3 is 2.59 bits per heavy atom. The van der Waals surface area contributed by atoms with Gasteiger partial charge in [0, 0.05) is 44.9 Å². The van der Waals surface area contributed by atoms with Gasteiger partial charge in [-0.15, -0.1) is 0 Å². The van der Waals surface area contributed by atoms with Crippen LogP contribution >= 0.6 is 0 Å². The Kier molecular flexibility index (Phi) is 8.14. The minimum Gasteiger partial charge on any atom is -0.496 e. The van der Waals surface area contributed by atoms with Crippen LogP contribution in [0.4, 0.5) is 23.7 Å². The van der Waals surface area contributed by atoms with E-state index in [-0.39, 0.29) is 18.5 Å². The van der Waals surface area contributed by atoms with Crippen molar-refractivity contribution in [3.8, 4) is 17.1 Å². The van der Waals surface area contributed by atoms with Crippen molar-refractivity contribution >= 4 is 11.7 Å². The van der Waals surface area contributed by atoms with Crippen molar-refractivity contribution in [1.29, 1.82) is 0 Å². The molecule has 1 N–H and O–H groups in total. The Labute approximate surface area is 215 Å². The van der Waals surface area contributed by atoms with Crippen LogP contribution in [0, 0.1) is 12.8 Å². The predicted octanol–water partition coefficient (Wildman–Crippen LogP) is 5.72. The number of benzene rings is 1. The maximum atomic E-state index is 13.0. The highest BCUT2D eigenvalue weighted by Gasteiger charge is 2.38. The van der Waals surface area contributed by atoms with Crippen molar-refractivity contribution in [2.75, 3.05) is 38.2 Å². The topological polar surface area (TPSA) is 70.8 Å². The fraction of sp³-hybridized carbons (Fsp3) is 0.481. The van der Waals surface area contributed by atoms with Gasteiger partial charge in [0.25, 0.3) is 0 Å². The summed E-state index contributed by atoms with van der Waals surface area (Å²) in [4.78, 5) is 21.1. The summed E-state index contributed by atoms with van der Waals surface area (Å²) >= 11 is 0. The third kappa shape index (κ3) is 6.29. The van der Waals surface area contributed by atoms with Crippen molar-refractivity contribution in [1.82, 2.24) is 15.2 Å². The molecule has 0 radical (unpaired) electrons. The van der Waals surface area contributed by atoms with Crippen molar-refractivity contribution in [2.45, 2.75) is 45.3 Å². The summed E-state index contributed by atoms with van der Waals surface area (Å²) in [7, 11) is 1.61. The molecule has 2 atom stereocenters. The molecule has 1 aliphatic heterocycles. The first-order valence-electron chi connectivity index (χ1n) is 12.6. The molecule has 4 rings (SSSR count). The van der Waals surface area contributed by atoms with Gasteiger partial charge in [-0.1, -0.05) is 31.6 Å². The third-order valence-corrected chi connectivity index (χ3v) is 6.83. The monoisotopic (exact) mass is 518 g/mol. The number of urea groups is 1. The summed E-state index contributed by atoms with van der Waals surface area (Å²) < 4.78 is 50.2. The maximum absolute atomic E-state index is 13.0. The highest BCUT2D eigenvalue weighted by molar-refractivity contribution is 5.76. The van der Waals surface area contributed by atoms with Crippen LogP contribution in [-0.4, -0.2) is 61.4 Å². The number of oxazole rings is 1. The number of hydrogen-bond acceptors (Lipinski definition) is 5. The molecule has 2 amide bonds. The SMILES string of the molecule is CCCC(NC(=O)N1CCN(c2ccc(-c3cnc(C)o3)c(OC)c2)CC1)C1=CCC(C(F)(F)F)C=C1. The number of piperazine rings is 1. The number of allylic oxidation sites excluding steroid dienone is 2. The lowest BCUT2D eigenvalue weighted by Gasteiger charge is -2.37. The van der Waals surface area contributed by atoms with Crippen molar-refractivity contribution in [2.24, 2.45) is 5.92 Å². The lowest BCUT2D eigenvalue weighted by molar-refractivity contribution is -0.160. The molecule has 37 heavy (non-hydrogen) atoms. The number of aryl methyl sites for hydroxylation is 1. The number of ether oxygens (including phenoxy) is 1. The zero-order chi connectivity index (χ0) is 26.6. The molecule has 200 valence electrons. The summed E-state index contributed by atoms with van der Waals surface area (Å²) in [5, 5.41) is 3.04. The zero-order valence-corrected chi connectivity index (χ0v) is 21.3. The minimum absolute atomic E-state index is 0.0949. The summed E-state index contributed by atoms with van der Waals surface area (Å²) in [5.41, 5.74) is 2.54. The fourth-order valence-corrected chi connectivity index (χ4v) is 4.72. The third-order valence-electron chi connectivity index (χ3n) is 6.83. The minimum atomic E-state index is -4.25. The summed E-state index contributed by atoms with van der Waals surface area (Å²) in [6.07, 6.45) is 3.11. The van der Waals surface area contributed by atoms with Gasteiger partial charge in [-0.05, 0) is 30.5 Å². The Bertz CT molecular complexity index is 1150. The molecule has 1 saturated heterocycles. The average molecular weight is 519 g/mol. The van der Waals surface area contributed by atoms with E-state index >= 15 is 0 Å². The van der Waals surface area contributed by atoms with Crippen LogP contribution in [0.1, 0.15) is 32.1 Å². The highest BCUT2D eigenvalue weighted by atomic mass is 19.4. The van der Waals surface area contributed by atoms with Gasteiger partial charge in [-0.25, -0.2) is 9.78 Å². The number of halogens is 3. The Morgan fingerprint density at radius 1 is 1.27 bits per heavy atom. The smallest absolute Gasteiger partial charge is 0.395 e. The van der Waals surface area contributed by atoms with E-state index in [2.05, 4.69) is 15.2 Å². The number of hydrogen-bond donors (Lipinski definition) is 1. The molecule has 2 aromatic rings. The number of nitrogens with zero attached hydrogens (tertiary/aromatic N) is 3. The molecule has 2 heterocycles. The maximum Gasteiger partial charge on any atom is 0.395 e. The zero-order valence-electron chi connectivity index (χ0n) is 21.3. The highest BCUT2D eigenvalue weighted by Crippen LogP contribution is 2.35. The van der Waals surface area contributed by atoms with E-state index in [9.17, 15) is 18.0 Å². The van der Waals surface area contributed by atoms with Gasteiger partial charge in [-0.2, -0.15) is 13.2 Å². The first kappa shape index (κ1) is 26.6. The van der Waals surface area contributed by atoms with E-state index in [1.165, 1.54) is 12.2 Å². The van der Waals surface area contributed by atoms with E-state index in [4.69, 9.17) is 9.15 Å². The molecule has 1 aliphatic carbocycles. The van der Waals surface area contributed by atoms with Crippen LogP contribution in [-0.2, 0) is 0 Å². The molecule has 0 spiro atoms. The molecule has 7 nitrogen and oxygen atoms in total. The molecule has 1 aromatic carbocycles. The number of aromatic nitrogens is 1. The quantitative estimate of drug-likeness (QED) is 0.508. The fourth-order valence-electron chi connectivity index (χ4n) is 4.72. The molecule has 0 bridgehead atoms. The molecule has 0 saturated carbocycles. The predicted molar refractivity (Wildman–Crippen MR) is 136 cm³/mol. The van der Waals surface area contributed by atoms with Gasteiger partial charge in [0.15, 0.2) is 11.7 Å². The van der Waals surface area contributed by atoms with E-state index in [0.29, 0.717) is 50.0 Å². The van der Waals surface area contributed by atoms with Crippen molar-refractivity contribution in [3.63, 3.8) is 0 Å². The van der Waals surface area contributed by atoms with Crippen LogP contribution in [0.25, 0.3) is 11.3 Å². The standard InChI is InChI=1S/C27H33F3N4O3/c1-4-5-23(19-6-8-20(9-7-19)27(28,29)30)32-26(35)34-14-12-33(13-15-34)21-10-11-22(24(16-21)36-3)25-17-31-18(2)37-25/h6-8,10-11,16-17,20,23H,4-5,9,12-15H2,1-3H3,(H,32,35). The van der Waals surface area contributed by atoms with E-state index in [1.54, 1.807) is 31.2 Å². The number of alkyl halides is 3. The Balaban J connectivity index is 1.35. The summed E-state index contributed by atoms with van der Waals surface area (Å²) in [5.74, 6) is 0.437. The molecular formula is C27H33F3N4O3. The first-order chi connectivity index (χ1) is 17.7. The van der Waals surface area contributed by atoms with E-state index in [1.807, 2.05) is 25.1 Å². The number of carbonyl (C=O) groups is 1. The van der Waals surface area contributed by atoms with Gasteiger partial charge in [0.1, 0.15) is 5.75 Å². The largest absolute Gasteiger partial charge is 0.496 e. The van der Waals surface area contributed by atoms with Gasteiger partial charge >= 0.3 is 12.2 Å². The number of amides is 2. The van der Waals surface area contributed by atoms with Crippen LogP contribution in [0.2, 0.25) is 0 Å². The Morgan fingerprint density at radius 2 is 2.03 bits per heavy atom. The van der Waals surface area contributed by atoms with Gasteiger partial charge in [-0.3, -0.25) is 0 Å². The molecular weight excluding hydrogens is 485 g/mol. The molecule has 1 fully saturated rings. The first-order valence-corrected chi connectivity index (χ1v) is 12.6. The van der Waals surface area contributed by atoms with Crippen molar-refractivity contribution < 1.29 is 27.1 Å². The second-order valence-corrected chi connectivity index (χ2v) is 9.34. The second kappa shape index (κ2) is 11.3. The number of carbonyl (C=O) groups excluding carboxylic acids is 1. The van der Waals surface area contributed by atoms with Crippen LogP contribution in [0.5, 0.6) is 5.75 Å². The van der Waals surface area contributed by atoms with Gasteiger partial charge in [0.05, 0.1) is 30.8 Å². The summed E-state index contributed by atoms with van der Waals surface area (Å²) in [6.45, 7) is 6.13. The summed E-state index contributed by atoms with van der Waals surface area (Å²) in [6, 6.07) is 5.39. The molecule has 2 aliphatic rings. The van der Waals surface area contributed by atoms with Crippen molar-refractivity contribution in [3.05, 3.63) is 54.1 Å². The molecule has 10 heteroatoms. The lowest BCUT2D eigenvalue weighted by atomic mass is 9.91. The van der Waals surface area contributed by atoms with Crippen LogP contribution in [0.3, 0.4) is 0 Å². The Hall–Kier alpha value is -3.43. The van der Waals surface area contributed by atoms with E-state index < -0.39 is 12.1 Å². The normalized spacial score (nSPS) is 19.0. The molecule has 2 unspecified atom stereocenters.